The van der Waals surface area contributed by atoms with Gasteiger partial charge in [-0.05, 0) is 18.2 Å². The van der Waals surface area contributed by atoms with E-state index in [1.807, 2.05) is 0 Å². The molecule has 0 spiro atoms. The predicted octanol–water partition coefficient (Wildman–Crippen LogP) is 2.95. The van der Waals surface area contributed by atoms with Gasteiger partial charge in [0.2, 0.25) is 0 Å². The van der Waals surface area contributed by atoms with Gasteiger partial charge < -0.3 is 11.1 Å². The van der Waals surface area contributed by atoms with Crippen LogP contribution >= 0.6 is 23.2 Å². The van der Waals surface area contributed by atoms with Crippen LogP contribution in [-0.4, -0.2) is 15.8 Å². The molecule has 0 radical (unpaired) electrons. The van der Waals surface area contributed by atoms with Crippen LogP contribution < -0.4 is 16.4 Å². The summed E-state index contributed by atoms with van der Waals surface area (Å²) in [4.78, 5) is 11.8. The molecule has 8 heteroatoms. The molecule has 0 atom stereocenters. The van der Waals surface area contributed by atoms with Gasteiger partial charge in [0.25, 0.3) is 0 Å². The molecular formula is C11H11Cl2N5O. The van der Waals surface area contributed by atoms with Crippen molar-refractivity contribution in [3.63, 3.8) is 0 Å². The highest BCUT2D eigenvalue weighted by molar-refractivity contribution is 6.35. The first-order chi connectivity index (χ1) is 8.97. The van der Waals surface area contributed by atoms with Gasteiger partial charge >= 0.3 is 6.03 Å². The average Bonchev–Trinajstić information content (AvgIpc) is 2.65. The van der Waals surface area contributed by atoms with Crippen molar-refractivity contribution in [3.8, 4) is 0 Å². The van der Waals surface area contributed by atoms with Crippen LogP contribution in [0, 0.1) is 0 Å². The number of nitrogens with zero attached hydrogens (tertiary/aromatic N) is 2. The smallest absolute Gasteiger partial charge is 0.324 e. The molecule has 0 aliphatic rings. The monoisotopic (exact) mass is 299 g/mol. The topological polar surface area (TPSA) is 85.0 Å². The zero-order valence-electron chi connectivity index (χ0n) is 9.95. The fraction of sp³-hybridized carbons (Fsp3) is 0.0909. The van der Waals surface area contributed by atoms with Crippen molar-refractivity contribution >= 4 is 46.4 Å². The summed E-state index contributed by atoms with van der Waals surface area (Å²) in [5.74, 6) is 0.399. The van der Waals surface area contributed by atoms with E-state index in [1.54, 1.807) is 25.2 Å². The number of rotatable bonds is 2. The van der Waals surface area contributed by atoms with Crippen molar-refractivity contribution in [2.75, 3.05) is 16.4 Å². The van der Waals surface area contributed by atoms with Crippen molar-refractivity contribution in [1.29, 1.82) is 0 Å². The van der Waals surface area contributed by atoms with Crippen molar-refractivity contribution < 1.29 is 4.79 Å². The molecular weight excluding hydrogens is 289 g/mol. The minimum absolute atomic E-state index is 0.370. The number of benzene rings is 1. The number of nitrogen functional groups attached to an aromatic ring is 1. The molecule has 4 N–H and O–H groups in total. The summed E-state index contributed by atoms with van der Waals surface area (Å²) in [6, 6.07) is 4.29. The van der Waals surface area contributed by atoms with Crippen LogP contribution in [0.4, 0.5) is 22.0 Å². The second-order valence-electron chi connectivity index (χ2n) is 3.78. The Morgan fingerprint density at radius 3 is 2.74 bits per heavy atom. The van der Waals surface area contributed by atoms with Crippen LogP contribution in [-0.2, 0) is 7.05 Å². The molecule has 0 aliphatic heterocycles. The molecule has 0 saturated heterocycles. The summed E-state index contributed by atoms with van der Waals surface area (Å²) in [5.41, 5.74) is 6.44. The van der Waals surface area contributed by atoms with Crippen molar-refractivity contribution in [2.45, 2.75) is 0 Å². The molecule has 2 rings (SSSR count). The first-order valence-electron chi connectivity index (χ1n) is 5.28. The van der Waals surface area contributed by atoms with E-state index in [4.69, 9.17) is 28.9 Å². The normalized spacial score (nSPS) is 10.3. The number of hydrogen-bond acceptors (Lipinski definition) is 3. The number of carbonyl (C=O) groups excluding carboxylic acids is 1. The van der Waals surface area contributed by atoms with E-state index in [0.29, 0.717) is 27.2 Å². The number of amides is 2. The minimum Gasteiger partial charge on any atom is -0.394 e. The van der Waals surface area contributed by atoms with Crippen LogP contribution in [0.2, 0.25) is 10.0 Å². The minimum atomic E-state index is -0.487. The lowest BCUT2D eigenvalue weighted by Gasteiger charge is -2.10. The molecule has 100 valence electrons. The van der Waals surface area contributed by atoms with E-state index in [1.165, 1.54) is 10.9 Å². The summed E-state index contributed by atoms with van der Waals surface area (Å²) in [6.07, 6.45) is 1.45. The predicted molar refractivity (Wildman–Crippen MR) is 76.7 cm³/mol. The van der Waals surface area contributed by atoms with Crippen molar-refractivity contribution in [1.82, 2.24) is 9.78 Å². The third-order valence-electron chi connectivity index (χ3n) is 2.38. The third-order valence-corrected chi connectivity index (χ3v) is 2.94. The standard InChI is InChI=1S/C11H11Cl2N5O/c1-18-10(8(14)5-15-18)17-11(19)16-9-4-6(12)2-3-7(9)13/h2-5H,14H2,1H3,(H2,16,17,19). The van der Waals surface area contributed by atoms with Gasteiger partial charge in [0, 0.05) is 12.1 Å². The summed E-state index contributed by atoms with van der Waals surface area (Å²) < 4.78 is 1.45. The first-order valence-corrected chi connectivity index (χ1v) is 6.03. The average molecular weight is 300 g/mol. The molecule has 1 aromatic heterocycles. The SMILES string of the molecule is Cn1ncc(N)c1NC(=O)Nc1cc(Cl)ccc1Cl. The zero-order valence-corrected chi connectivity index (χ0v) is 11.5. The van der Waals surface area contributed by atoms with E-state index < -0.39 is 6.03 Å². The number of nitrogens with two attached hydrogens (primary N) is 1. The van der Waals surface area contributed by atoms with Crippen LogP contribution in [0.1, 0.15) is 0 Å². The van der Waals surface area contributed by atoms with Crippen molar-refractivity contribution in [3.05, 3.63) is 34.4 Å². The van der Waals surface area contributed by atoms with Gasteiger partial charge in [-0.25, -0.2) is 4.79 Å². The van der Waals surface area contributed by atoms with E-state index in [9.17, 15) is 4.79 Å². The fourth-order valence-corrected chi connectivity index (χ4v) is 1.80. The van der Waals surface area contributed by atoms with Gasteiger partial charge in [0.15, 0.2) is 5.82 Å². The van der Waals surface area contributed by atoms with Crippen LogP contribution in [0.25, 0.3) is 0 Å². The van der Waals surface area contributed by atoms with Gasteiger partial charge in [-0.1, -0.05) is 23.2 Å². The summed E-state index contributed by atoms with van der Waals surface area (Å²) in [7, 11) is 1.67. The summed E-state index contributed by atoms with van der Waals surface area (Å²) in [6.45, 7) is 0. The van der Waals surface area contributed by atoms with E-state index >= 15 is 0 Å². The number of carbonyl (C=O) groups is 1. The number of anilines is 3. The maximum Gasteiger partial charge on any atom is 0.324 e. The van der Waals surface area contributed by atoms with Crippen LogP contribution in [0.3, 0.4) is 0 Å². The van der Waals surface area contributed by atoms with E-state index in [-0.39, 0.29) is 0 Å². The van der Waals surface area contributed by atoms with Crippen molar-refractivity contribution in [2.24, 2.45) is 7.05 Å². The van der Waals surface area contributed by atoms with Gasteiger partial charge in [-0.15, -0.1) is 0 Å². The summed E-state index contributed by atoms with van der Waals surface area (Å²) >= 11 is 11.8. The lowest BCUT2D eigenvalue weighted by Crippen LogP contribution is -2.21. The van der Waals surface area contributed by atoms with Gasteiger partial charge in [-0.2, -0.15) is 5.10 Å². The Balaban J connectivity index is 2.12. The largest absolute Gasteiger partial charge is 0.394 e. The highest BCUT2D eigenvalue weighted by atomic mass is 35.5. The molecule has 0 aliphatic carbocycles. The van der Waals surface area contributed by atoms with Gasteiger partial charge in [-0.3, -0.25) is 10.00 Å². The molecule has 0 unspecified atom stereocenters. The quantitative estimate of drug-likeness (QED) is 0.797. The highest BCUT2D eigenvalue weighted by Crippen LogP contribution is 2.25. The maximum absolute atomic E-state index is 11.8. The third kappa shape index (κ3) is 3.10. The summed E-state index contributed by atoms with van der Waals surface area (Å²) in [5, 5.41) is 9.93. The Morgan fingerprint density at radius 2 is 2.11 bits per heavy atom. The molecule has 0 fully saturated rings. The van der Waals surface area contributed by atoms with E-state index in [0.717, 1.165) is 0 Å². The van der Waals surface area contributed by atoms with Gasteiger partial charge in [0.1, 0.15) is 0 Å². The van der Waals surface area contributed by atoms with Gasteiger partial charge in [0.05, 0.1) is 22.6 Å². The second-order valence-corrected chi connectivity index (χ2v) is 4.62. The highest BCUT2D eigenvalue weighted by Gasteiger charge is 2.11. The molecule has 19 heavy (non-hydrogen) atoms. The lowest BCUT2D eigenvalue weighted by atomic mass is 10.3. The Kier molecular flexibility index (Phi) is 3.82. The molecule has 2 amide bonds. The Hall–Kier alpha value is -1.92. The molecule has 1 aromatic carbocycles. The first kappa shape index (κ1) is 13.5. The van der Waals surface area contributed by atoms with E-state index in [2.05, 4.69) is 15.7 Å². The Bertz CT molecular complexity index is 606. The molecule has 1 heterocycles. The van der Waals surface area contributed by atoms with Crippen LogP contribution in [0.15, 0.2) is 24.4 Å². The number of hydrogen-bond donors (Lipinski definition) is 3. The number of nitrogens with one attached hydrogen (secondary N) is 2. The zero-order chi connectivity index (χ0) is 14.0. The molecule has 0 bridgehead atoms. The maximum atomic E-state index is 11.8. The Labute approximate surface area is 119 Å². The number of urea groups is 1. The number of aryl methyl sites for hydroxylation is 1. The molecule has 0 saturated carbocycles. The Morgan fingerprint density at radius 1 is 1.37 bits per heavy atom. The molecule has 2 aromatic rings. The lowest BCUT2D eigenvalue weighted by molar-refractivity contribution is 0.262. The van der Waals surface area contributed by atoms with Crippen LogP contribution in [0.5, 0.6) is 0 Å². The fourth-order valence-electron chi connectivity index (χ4n) is 1.46. The second kappa shape index (κ2) is 5.38. The molecule has 6 nitrogen and oxygen atoms in total. The number of aromatic nitrogens is 2. The number of halogens is 2.